The van der Waals surface area contributed by atoms with Gasteiger partial charge in [-0.3, -0.25) is 4.79 Å². The summed E-state index contributed by atoms with van der Waals surface area (Å²) < 4.78 is 0. The quantitative estimate of drug-likeness (QED) is 0.514. The van der Waals surface area contributed by atoms with Gasteiger partial charge in [0, 0.05) is 6.42 Å². The number of carbonyl (C=O) groups is 2. The third-order valence-electron chi connectivity index (χ3n) is 2.94. The minimum Gasteiger partial charge on any atom is -0.480 e. The number of piperidine rings is 1. The topological polar surface area (TPSA) is 98.7 Å². The maximum Gasteiger partial charge on any atom is 0.328 e. The van der Waals surface area contributed by atoms with Crippen LogP contribution in [0.1, 0.15) is 26.2 Å². The number of rotatable bonds is 5. The molecule has 1 rings (SSSR count). The molecular formula is C11H20N2O4. The van der Waals surface area contributed by atoms with Crippen molar-refractivity contribution in [3.05, 3.63) is 0 Å². The monoisotopic (exact) mass is 244 g/mol. The van der Waals surface area contributed by atoms with E-state index in [4.69, 9.17) is 5.11 Å². The molecule has 0 aromatic carbocycles. The van der Waals surface area contributed by atoms with Crippen LogP contribution in [0.3, 0.4) is 0 Å². The van der Waals surface area contributed by atoms with Crippen LogP contribution < -0.4 is 10.6 Å². The summed E-state index contributed by atoms with van der Waals surface area (Å²) in [5, 5.41) is 23.6. The van der Waals surface area contributed by atoms with Crippen LogP contribution in [0.5, 0.6) is 0 Å². The van der Waals surface area contributed by atoms with E-state index in [1.807, 2.05) is 0 Å². The van der Waals surface area contributed by atoms with Crippen molar-refractivity contribution in [3.63, 3.8) is 0 Å². The zero-order valence-electron chi connectivity index (χ0n) is 9.98. The first-order chi connectivity index (χ1) is 8.00. The maximum atomic E-state index is 11.6. The summed E-state index contributed by atoms with van der Waals surface area (Å²) in [6.45, 7) is 3.12. The van der Waals surface area contributed by atoms with Crippen LogP contribution in [0.4, 0.5) is 0 Å². The van der Waals surface area contributed by atoms with Crippen LogP contribution in [0.2, 0.25) is 0 Å². The molecule has 1 saturated heterocycles. The van der Waals surface area contributed by atoms with Crippen molar-refractivity contribution in [2.75, 3.05) is 13.1 Å². The molecule has 98 valence electrons. The van der Waals surface area contributed by atoms with Crippen LogP contribution in [-0.2, 0) is 9.59 Å². The van der Waals surface area contributed by atoms with Gasteiger partial charge < -0.3 is 20.8 Å². The maximum absolute atomic E-state index is 11.6. The lowest BCUT2D eigenvalue weighted by molar-refractivity contribution is -0.144. The molecule has 1 fully saturated rings. The normalized spacial score (nSPS) is 23.8. The number of hydrogen-bond acceptors (Lipinski definition) is 4. The SMILES string of the molecule is CC(O)C(NC(=O)CC1CCCNC1)C(=O)O. The zero-order chi connectivity index (χ0) is 12.8. The molecule has 3 unspecified atom stereocenters. The van der Waals surface area contributed by atoms with Gasteiger partial charge in [0.2, 0.25) is 5.91 Å². The highest BCUT2D eigenvalue weighted by atomic mass is 16.4. The second kappa shape index (κ2) is 6.56. The summed E-state index contributed by atoms with van der Waals surface area (Å²) in [4.78, 5) is 22.4. The molecule has 1 aliphatic heterocycles. The van der Waals surface area contributed by atoms with Crippen LogP contribution in [-0.4, -0.2) is 47.3 Å². The highest BCUT2D eigenvalue weighted by Crippen LogP contribution is 2.13. The van der Waals surface area contributed by atoms with Crippen LogP contribution in [0, 0.1) is 5.92 Å². The Hall–Kier alpha value is -1.14. The van der Waals surface area contributed by atoms with E-state index >= 15 is 0 Å². The molecule has 4 N–H and O–H groups in total. The summed E-state index contributed by atoms with van der Waals surface area (Å²) >= 11 is 0. The molecule has 0 aromatic heterocycles. The molecule has 0 aromatic rings. The van der Waals surface area contributed by atoms with E-state index in [9.17, 15) is 14.7 Å². The van der Waals surface area contributed by atoms with E-state index in [1.54, 1.807) is 0 Å². The van der Waals surface area contributed by atoms with Gasteiger partial charge in [-0.1, -0.05) is 0 Å². The second-order valence-corrected chi connectivity index (χ2v) is 4.54. The predicted molar refractivity (Wildman–Crippen MR) is 61.5 cm³/mol. The molecule has 1 aliphatic rings. The lowest BCUT2D eigenvalue weighted by Crippen LogP contribution is -2.48. The third kappa shape index (κ3) is 4.70. The summed E-state index contributed by atoms with van der Waals surface area (Å²) in [7, 11) is 0. The average molecular weight is 244 g/mol. The Balaban J connectivity index is 2.38. The van der Waals surface area contributed by atoms with Gasteiger partial charge in [0.15, 0.2) is 6.04 Å². The number of carbonyl (C=O) groups excluding carboxylic acids is 1. The minimum absolute atomic E-state index is 0.257. The summed E-state index contributed by atoms with van der Waals surface area (Å²) in [6, 6.07) is -1.22. The number of hydrogen-bond donors (Lipinski definition) is 4. The average Bonchev–Trinajstić information content (AvgIpc) is 2.26. The van der Waals surface area contributed by atoms with E-state index in [0.717, 1.165) is 25.9 Å². The molecule has 6 nitrogen and oxygen atoms in total. The number of amides is 1. The van der Waals surface area contributed by atoms with Crippen LogP contribution >= 0.6 is 0 Å². The first-order valence-electron chi connectivity index (χ1n) is 5.91. The van der Waals surface area contributed by atoms with Gasteiger partial charge in [-0.15, -0.1) is 0 Å². The molecule has 1 heterocycles. The van der Waals surface area contributed by atoms with Gasteiger partial charge in [-0.25, -0.2) is 4.79 Å². The Morgan fingerprint density at radius 2 is 2.24 bits per heavy atom. The lowest BCUT2D eigenvalue weighted by atomic mass is 9.95. The van der Waals surface area contributed by atoms with Gasteiger partial charge in [-0.05, 0) is 38.8 Å². The molecule has 17 heavy (non-hydrogen) atoms. The Labute approximate surface area is 100 Å². The Kier molecular flexibility index (Phi) is 5.37. The Morgan fingerprint density at radius 3 is 2.71 bits per heavy atom. The standard InChI is InChI=1S/C11H20N2O4/c1-7(14)10(11(16)17)13-9(15)5-8-3-2-4-12-6-8/h7-8,10,12,14H,2-6H2,1H3,(H,13,15)(H,16,17). The molecule has 0 radical (unpaired) electrons. The van der Waals surface area contributed by atoms with Crippen molar-refractivity contribution in [2.24, 2.45) is 5.92 Å². The second-order valence-electron chi connectivity index (χ2n) is 4.54. The van der Waals surface area contributed by atoms with Crippen molar-refractivity contribution in [2.45, 2.75) is 38.3 Å². The minimum atomic E-state index is -1.22. The lowest BCUT2D eigenvalue weighted by Gasteiger charge is -2.23. The Morgan fingerprint density at radius 1 is 1.53 bits per heavy atom. The first kappa shape index (κ1) is 13.9. The van der Waals surface area contributed by atoms with Crippen molar-refractivity contribution in [1.82, 2.24) is 10.6 Å². The molecule has 1 amide bonds. The van der Waals surface area contributed by atoms with Crippen molar-refractivity contribution in [3.8, 4) is 0 Å². The van der Waals surface area contributed by atoms with Crippen molar-refractivity contribution < 1.29 is 19.8 Å². The third-order valence-corrected chi connectivity index (χ3v) is 2.94. The number of nitrogens with one attached hydrogen (secondary N) is 2. The van der Waals surface area contributed by atoms with E-state index in [0.29, 0.717) is 6.42 Å². The van der Waals surface area contributed by atoms with Gasteiger partial charge in [0.1, 0.15) is 0 Å². The fraction of sp³-hybridized carbons (Fsp3) is 0.818. The highest BCUT2D eigenvalue weighted by Gasteiger charge is 2.26. The zero-order valence-corrected chi connectivity index (χ0v) is 9.98. The van der Waals surface area contributed by atoms with Gasteiger partial charge in [0.05, 0.1) is 6.10 Å². The highest BCUT2D eigenvalue weighted by molar-refractivity contribution is 5.84. The number of carboxylic acid groups (broad SMARTS) is 1. The van der Waals surface area contributed by atoms with Crippen LogP contribution in [0.25, 0.3) is 0 Å². The van der Waals surface area contributed by atoms with Gasteiger partial charge in [-0.2, -0.15) is 0 Å². The summed E-state index contributed by atoms with van der Waals surface area (Å²) in [5.74, 6) is -1.27. The van der Waals surface area contributed by atoms with E-state index in [-0.39, 0.29) is 11.8 Å². The Bertz CT molecular complexity index is 275. The molecule has 0 spiro atoms. The van der Waals surface area contributed by atoms with Crippen molar-refractivity contribution in [1.29, 1.82) is 0 Å². The molecule has 3 atom stereocenters. The number of aliphatic hydroxyl groups excluding tert-OH is 1. The van der Waals surface area contributed by atoms with E-state index in [1.165, 1.54) is 6.92 Å². The molecule has 0 saturated carbocycles. The first-order valence-corrected chi connectivity index (χ1v) is 5.91. The molecule has 0 aliphatic carbocycles. The smallest absolute Gasteiger partial charge is 0.328 e. The largest absolute Gasteiger partial charge is 0.480 e. The van der Waals surface area contributed by atoms with Gasteiger partial charge in [0.25, 0.3) is 0 Å². The molecule has 0 bridgehead atoms. The van der Waals surface area contributed by atoms with E-state index < -0.39 is 18.1 Å². The number of carboxylic acids is 1. The molecule has 6 heteroatoms. The fourth-order valence-corrected chi connectivity index (χ4v) is 1.98. The van der Waals surface area contributed by atoms with Crippen LogP contribution in [0.15, 0.2) is 0 Å². The molecular weight excluding hydrogens is 224 g/mol. The predicted octanol–water partition coefficient (Wildman–Crippen LogP) is -0.674. The summed E-state index contributed by atoms with van der Waals surface area (Å²) in [5.41, 5.74) is 0. The van der Waals surface area contributed by atoms with E-state index in [2.05, 4.69) is 10.6 Å². The van der Waals surface area contributed by atoms with Gasteiger partial charge >= 0.3 is 5.97 Å². The summed E-state index contributed by atoms with van der Waals surface area (Å²) in [6.07, 6.45) is 1.23. The number of aliphatic hydroxyl groups is 1. The van der Waals surface area contributed by atoms with Crippen molar-refractivity contribution >= 4 is 11.9 Å². The fourth-order valence-electron chi connectivity index (χ4n) is 1.98. The number of aliphatic carboxylic acids is 1.